The molecular formula is C21H26N2O3. The molecule has 2 aromatic rings. The monoisotopic (exact) mass is 354 g/mol. The van der Waals surface area contributed by atoms with Crippen molar-refractivity contribution in [3.05, 3.63) is 65.2 Å². The maximum absolute atomic E-state index is 12.9. The van der Waals surface area contributed by atoms with Crippen LogP contribution in [-0.2, 0) is 16.1 Å². The second kappa shape index (κ2) is 9.04. The number of amides is 2. The zero-order valence-electron chi connectivity index (χ0n) is 15.6. The van der Waals surface area contributed by atoms with E-state index in [0.29, 0.717) is 6.54 Å². The maximum atomic E-state index is 12.9. The van der Waals surface area contributed by atoms with Crippen molar-refractivity contribution < 1.29 is 14.3 Å². The fourth-order valence-electron chi connectivity index (χ4n) is 2.79. The van der Waals surface area contributed by atoms with Gasteiger partial charge in [-0.25, -0.2) is 0 Å². The number of hydrogen-bond donors (Lipinski definition) is 1. The first-order valence-electron chi connectivity index (χ1n) is 8.72. The molecule has 1 atom stereocenters. The minimum absolute atomic E-state index is 0.120. The number of para-hydroxylation sites is 1. The lowest BCUT2D eigenvalue weighted by molar-refractivity contribution is -0.139. The molecule has 0 bridgehead atoms. The van der Waals surface area contributed by atoms with E-state index in [1.54, 1.807) is 11.8 Å². The molecule has 0 radical (unpaired) electrons. The molecular weight excluding hydrogens is 328 g/mol. The van der Waals surface area contributed by atoms with Crippen molar-refractivity contribution in [2.24, 2.45) is 5.73 Å². The lowest BCUT2D eigenvalue weighted by Crippen LogP contribution is -2.41. The van der Waals surface area contributed by atoms with Gasteiger partial charge >= 0.3 is 0 Å². The Bertz CT molecular complexity index is 739. The van der Waals surface area contributed by atoms with Crippen LogP contribution >= 0.6 is 0 Å². The van der Waals surface area contributed by atoms with Crippen LogP contribution in [0.2, 0.25) is 0 Å². The lowest BCUT2D eigenvalue weighted by Gasteiger charge is -2.27. The minimum atomic E-state index is -0.661. The maximum Gasteiger partial charge on any atom is 0.263 e. The summed E-state index contributed by atoms with van der Waals surface area (Å²) < 4.78 is 5.96. The molecule has 2 N–H and O–H groups in total. The number of carbonyl (C=O) groups is 2. The van der Waals surface area contributed by atoms with Gasteiger partial charge in [0.25, 0.3) is 5.91 Å². The fraction of sp³-hybridized carbons (Fsp3) is 0.333. The summed E-state index contributed by atoms with van der Waals surface area (Å²) in [6.45, 7) is 6.32. The van der Waals surface area contributed by atoms with E-state index >= 15 is 0 Å². The van der Waals surface area contributed by atoms with Crippen LogP contribution < -0.4 is 10.5 Å². The van der Waals surface area contributed by atoms with E-state index in [1.165, 1.54) is 0 Å². The van der Waals surface area contributed by atoms with Crippen LogP contribution in [0.4, 0.5) is 0 Å². The van der Waals surface area contributed by atoms with Crippen LogP contribution in [0.5, 0.6) is 5.75 Å². The number of aryl methyl sites for hydroxylation is 2. The summed E-state index contributed by atoms with van der Waals surface area (Å²) in [5, 5.41) is 0. The highest BCUT2D eigenvalue weighted by Crippen LogP contribution is 2.24. The van der Waals surface area contributed by atoms with Crippen LogP contribution in [0.3, 0.4) is 0 Å². The van der Waals surface area contributed by atoms with Crippen molar-refractivity contribution in [2.75, 3.05) is 6.54 Å². The zero-order valence-corrected chi connectivity index (χ0v) is 15.6. The van der Waals surface area contributed by atoms with Gasteiger partial charge in [-0.1, -0.05) is 48.5 Å². The number of nitrogens with zero attached hydrogens (tertiary/aromatic N) is 1. The van der Waals surface area contributed by atoms with Gasteiger partial charge in [0.1, 0.15) is 5.75 Å². The number of rotatable bonds is 8. The standard InChI is InChI=1S/C21H26N2O3/c1-15-8-7-9-16(2)20(15)26-17(3)21(25)23(13-12-19(22)24)14-18-10-5-4-6-11-18/h4-11,17H,12-14H2,1-3H3,(H2,22,24). The molecule has 0 saturated heterocycles. The molecule has 2 rings (SSSR count). The molecule has 0 aromatic heterocycles. The molecule has 0 fully saturated rings. The summed E-state index contributed by atoms with van der Waals surface area (Å²) in [6, 6.07) is 15.5. The van der Waals surface area contributed by atoms with Crippen molar-refractivity contribution >= 4 is 11.8 Å². The van der Waals surface area contributed by atoms with Gasteiger partial charge in [0.2, 0.25) is 5.91 Å². The van der Waals surface area contributed by atoms with Gasteiger partial charge in [-0.05, 0) is 37.5 Å². The van der Waals surface area contributed by atoms with Gasteiger partial charge in [0, 0.05) is 19.5 Å². The topological polar surface area (TPSA) is 72.6 Å². The molecule has 0 spiro atoms. The molecule has 0 saturated carbocycles. The third-order valence-corrected chi connectivity index (χ3v) is 4.21. The number of ether oxygens (including phenoxy) is 1. The van der Waals surface area contributed by atoms with Gasteiger partial charge < -0.3 is 15.4 Å². The molecule has 0 heterocycles. The molecule has 138 valence electrons. The molecule has 0 aliphatic heterocycles. The van der Waals surface area contributed by atoms with Gasteiger partial charge in [0.15, 0.2) is 6.10 Å². The number of hydrogen-bond acceptors (Lipinski definition) is 3. The summed E-state index contributed by atoms with van der Waals surface area (Å²) in [6.07, 6.45) is -0.541. The first-order valence-corrected chi connectivity index (χ1v) is 8.72. The highest BCUT2D eigenvalue weighted by atomic mass is 16.5. The van der Waals surface area contributed by atoms with Gasteiger partial charge in [-0.3, -0.25) is 9.59 Å². The Kier molecular flexibility index (Phi) is 6.78. The summed E-state index contributed by atoms with van der Waals surface area (Å²) in [5.41, 5.74) is 8.22. The summed E-state index contributed by atoms with van der Waals surface area (Å²) in [7, 11) is 0. The van der Waals surface area contributed by atoms with Crippen LogP contribution in [-0.4, -0.2) is 29.4 Å². The third-order valence-electron chi connectivity index (χ3n) is 4.21. The quantitative estimate of drug-likeness (QED) is 0.792. The number of nitrogens with two attached hydrogens (primary N) is 1. The van der Waals surface area contributed by atoms with Crippen molar-refractivity contribution in [1.82, 2.24) is 4.90 Å². The van der Waals surface area contributed by atoms with Crippen molar-refractivity contribution in [2.45, 2.75) is 39.8 Å². The number of carbonyl (C=O) groups excluding carboxylic acids is 2. The van der Waals surface area contributed by atoms with E-state index in [-0.39, 0.29) is 18.9 Å². The third kappa shape index (κ3) is 5.34. The van der Waals surface area contributed by atoms with Crippen molar-refractivity contribution in [1.29, 1.82) is 0 Å². The highest BCUT2D eigenvalue weighted by molar-refractivity contribution is 5.82. The second-order valence-electron chi connectivity index (χ2n) is 6.44. The molecule has 2 aromatic carbocycles. The number of benzene rings is 2. The molecule has 1 unspecified atom stereocenters. The average molecular weight is 354 g/mol. The van der Waals surface area contributed by atoms with E-state index in [0.717, 1.165) is 22.4 Å². The Labute approximate surface area is 154 Å². The van der Waals surface area contributed by atoms with Crippen molar-refractivity contribution in [3.8, 4) is 5.75 Å². The Hall–Kier alpha value is -2.82. The first-order chi connectivity index (χ1) is 12.4. The Morgan fingerprint density at radius 3 is 2.23 bits per heavy atom. The van der Waals surface area contributed by atoms with Crippen LogP contribution in [0.1, 0.15) is 30.0 Å². The van der Waals surface area contributed by atoms with Crippen LogP contribution in [0, 0.1) is 13.8 Å². The largest absolute Gasteiger partial charge is 0.480 e. The molecule has 5 heteroatoms. The molecule has 0 aliphatic rings. The zero-order chi connectivity index (χ0) is 19.1. The van der Waals surface area contributed by atoms with Crippen molar-refractivity contribution in [3.63, 3.8) is 0 Å². The summed E-state index contributed by atoms with van der Waals surface area (Å²) in [4.78, 5) is 25.7. The lowest BCUT2D eigenvalue weighted by atomic mass is 10.1. The highest BCUT2D eigenvalue weighted by Gasteiger charge is 2.23. The summed E-state index contributed by atoms with van der Waals surface area (Å²) in [5.74, 6) is 0.125. The Morgan fingerprint density at radius 2 is 1.65 bits per heavy atom. The SMILES string of the molecule is Cc1cccc(C)c1OC(C)C(=O)N(CCC(N)=O)Cc1ccccc1. The van der Waals surface area contributed by atoms with E-state index in [1.807, 2.05) is 62.4 Å². The van der Waals surface area contributed by atoms with Crippen LogP contribution in [0.15, 0.2) is 48.5 Å². The Morgan fingerprint density at radius 1 is 1.04 bits per heavy atom. The van der Waals surface area contributed by atoms with E-state index in [2.05, 4.69) is 0 Å². The summed E-state index contributed by atoms with van der Waals surface area (Å²) >= 11 is 0. The van der Waals surface area contributed by atoms with Gasteiger partial charge in [-0.15, -0.1) is 0 Å². The first kappa shape index (κ1) is 19.5. The van der Waals surface area contributed by atoms with Gasteiger partial charge in [0.05, 0.1) is 0 Å². The molecule has 2 amide bonds. The minimum Gasteiger partial charge on any atom is -0.480 e. The van der Waals surface area contributed by atoms with E-state index in [9.17, 15) is 9.59 Å². The number of primary amides is 1. The second-order valence-corrected chi connectivity index (χ2v) is 6.44. The van der Waals surface area contributed by atoms with E-state index < -0.39 is 12.0 Å². The molecule has 5 nitrogen and oxygen atoms in total. The van der Waals surface area contributed by atoms with E-state index in [4.69, 9.17) is 10.5 Å². The predicted octanol–water partition coefficient (Wildman–Crippen LogP) is 2.97. The van der Waals surface area contributed by atoms with Crippen LogP contribution in [0.25, 0.3) is 0 Å². The smallest absolute Gasteiger partial charge is 0.263 e. The fourth-order valence-corrected chi connectivity index (χ4v) is 2.79. The normalized spacial score (nSPS) is 11.7. The van der Waals surface area contributed by atoms with Gasteiger partial charge in [-0.2, -0.15) is 0 Å². The molecule has 26 heavy (non-hydrogen) atoms. The predicted molar refractivity (Wildman–Crippen MR) is 102 cm³/mol. The molecule has 0 aliphatic carbocycles. The average Bonchev–Trinajstić information content (AvgIpc) is 2.61. The Balaban J connectivity index is 2.14.